The second kappa shape index (κ2) is 5.18. The smallest absolute Gasteiger partial charge is 0.219 e. The van der Waals surface area contributed by atoms with Crippen LogP contribution in [0.3, 0.4) is 0 Å². The van der Waals surface area contributed by atoms with Gasteiger partial charge < -0.3 is 5.73 Å². The third-order valence-electron chi connectivity index (χ3n) is 1.36. The van der Waals surface area contributed by atoms with Crippen molar-refractivity contribution < 1.29 is 13.2 Å². The van der Waals surface area contributed by atoms with E-state index in [1.54, 1.807) is 13.8 Å². The number of rotatable bonds is 6. The van der Waals surface area contributed by atoms with Gasteiger partial charge in [0.1, 0.15) is 0 Å². The first-order valence-corrected chi connectivity index (χ1v) is 5.81. The molecule has 0 fully saturated rings. The van der Waals surface area contributed by atoms with Crippen molar-refractivity contribution in [1.82, 2.24) is 4.72 Å². The number of nitrogens with one attached hydrogen (secondary N) is 1. The summed E-state index contributed by atoms with van der Waals surface area (Å²) in [5.74, 6) is -0.428. The predicted molar refractivity (Wildman–Crippen MR) is 50.5 cm³/mol. The monoisotopic (exact) mass is 208 g/mol. The van der Waals surface area contributed by atoms with Crippen LogP contribution in [0.25, 0.3) is 0 Å². The van der Waals surface area contributed by atoms with E-state index in [9.17, 15) is 13.2 Å². The zero-order chi connectivity index (χ0) is 10.5. The van der Waals surface area contributed by atoms with Gasteiger partial charge >= 0.3 is 0 Å². The Balaban J connectivity index is 4.04. The Kier molecular flexibility index (Phi) is 4.94. The van der Waals surface area contributed by atoms with Crippen molar-refractivity contribution in [2.24, 2.45) is 5.73 Å². The van der Waals surface area contributed by atoms with Gasteiger partial charge in [-0.05, 0) is 13.3 Å². The Morgan fingerprint density at radius 3 is 2.46 bits per heavy atom. The Morgan fingerprint density at radius 2 is 2.08 bits per heavy atom. The lowest BCUT2D eigenvalue weighted by Crippen LogP contribution is -2.36. The summed E-state index contributed by atoms with van der Waals surface area (Å²) in [6.07, 6.45) is 0.585. The lowest BCUT2D eigenvalue weighted by molar-refractivity contribution is -0.118. The number of amides is 1. The Hall–Kier alpha value is -0.620. The van der Waals surface area contributed by atoms with Gasteiger partial charge in [0.2, 0.25) is 15.9 Å². The zero-order valence-corrected chi connectivity index (χ0v) is 8.73. The zero-order valence-electron chi connectivity index (χ0n) is 7.91. The van der Waals surface area contributed by atoms with Gasteiger partial charge in [-0.25, -0.2) is 13.1 Å². The molecule has 78 valence electrons. The van der Waals surface area contributed by atoms with Crippen LogP contribution in [0.1, 0.15) is 26.7 Å². The number of sulfonamides is 1. The predicted octanol–water partition coefficient (Wildman–Crippen LogP) is -0.420. The maximum Gasteiger partial charge on any atom is 0.219 e. The normalized spacial score (nSPS) is 14.0. The van der Waals surface area contributed by atoms with Crippen molar-refractivity contribution in [3.8, 4) is 0 Å². The maximum atomic E-state index is 11.2. The number of carbonyl (C=O) groups excluding carboxylic acids is 1. The molecule has 0 saturated carbocycles. The van der Waals surface area contributed by atoms with Crippen molar-refractivity contribution >= 4 is 15.9 Å². The van der Waals surface area contributed by atoms with Crippen LogP contribution in [0.4, 0.5) is 0 Å². The van der Waals surface area contributed by atoms with Gasteiger partial charge in [0, 0.05) is 12.5 Å². The van der Waals surface area contributed by atoms with E-state index in [1.807, 2.05) is 0 Å². The summed E-state index contributed by atoms with van der Waals surface area (Å²) < 4.78 is 24.7. The van der Waals surface area contributed by atoms with Gasteiger partial charge in [0.15, 0.2) is 0 Å². The first-order valence-electron chi connectivity index (χ1n) is 4.15. The van der Waals surface area contributed by atoms with Crippen molar-refractivity contribution in [3.63, 3.8) is 0 Å². The summed E-state index contributed by atoms with van der Waals surface area (Å²) in [5, 5.41) is 0. The fourth-order valence-electron chi connectivity index (χ4n) is 0.978. The van der Waals surface area contributed by atoms with E-state index in [4.69, 9.17) is 5.73 Å². The molecule has 0 aromatic rings. The molecule has 0 aliphatic carbocycles. The average Bonchev–Trinajstić information content (AvgIpc) is 1.81. The summed E-state index contributed by atoms with van der Waals surface area (Å²) >= 11 is 0. The van der Waals surface area contributed by atoms with E-state index in [1.165, 1.54) is 0 Å². The third-order valence-corrected chi connectivity index (χ3v) is 3.07. The highest BCUT2D eigenvalue weighted by molar-refractivity contribution is 7.89. The molecule has 0 bridgehead atoms. The molecular formula is C7H16N2O3S. The molecule has 0 rings (SSSR count). The molecule has 0 aliphatic heterocycles. The van der Waals surface area contributed by atoms with Crippen LogP contribution in [0.5, 0.6) is 0 Å². The molecule has 0 saturated heterocycles. The van der Waals surface area contributed by atoms with Crippen molar-refractivity contribution in [1.29, 1.82) is 0 Å². The van der Waals surface area contributed by atoms with E-state index in [0.717, 1.165) is 0 Å². The van der Waals surface area contributed by atoms with Crippen LogP contribution in [0.2, 0.25) is 0 Å². The minimum absolute atomic E-state index is 0.0307. The highest BCUT2D eigenvalue weighted by Crippen LogP contribution is 1.95. The number of hydrogen-bond donors (Lipinski definition) is 2. The van der Waals surface area contributed by atoms with Crippen molar-refractivity contribution in [3.05, 3.63) is 0 Å². The molecule has 1 amide bonds. The SMILES string of the molecule is CCCS(=O)(=O)NC(C)CC(N)=O. The molecule has 1 unspecified atom stereocenters. The summed E-state index contributed by atoms with van der Waals surface area (Å²) in [7, 11) is -3.23. The van der Waals surface area contributed by atoms with Crippen LogP contribution < -0.4 is 10.5 Å². The van der Waals surface area contributed by atoms with Gasteiger partial charge in [-0.3, -0.25) is 4.79 Å². The highest BCUT2D eigenvalue weighted by atomic mass is 32.2. The van der Waals surface area contributed by atoms with E-state index < -0.39 is 22.0 Å². The Bertz CT molecular complexity index is 261. The van der Waals surface area contributed by atoms with Gasteiger partial charge in [-0.15, -0.1) is 0 Å². The minimum Gasteiger partial charge on any atom is -0.370 e. The minimum atomic E-state index is -3.23. The van der Waals surface area contributed by atoms with Crippen LogP contribution >= 0.6 is 0 Å². The largest absolute Gasteiger partial charge is 0.370 e. The number of carbonyl (C=O) groups is 1. The number of primary amides is 1. The fraction of sp³-hybridized carbons (Fsp3) is 0.857. The molecule has 0 spiro atoms. The summed E-state index contributed by atoms with van der Waals surface area (Å²) in [5.41, 5.74) is 4.91. The van der Waals surface area contributed by atoms with Crippen molar-refractivity contribution in [2.75, 3.05) is 5.75 Å². The Labute approximate surface area is 78.7 Å². The van der Waals surface area contributed by atoms with Crippen molar-refractivity contribution in [2.45, 2.75) is 32.7 Å². The average molecular weight is 208 g/mol. The molecule has 0 aromatic heterocycles. The first-order chi connectivity index (χ1) is 5.87. The lowest BCUT2D eigenvalue weighted by Gasteiger charge is -2.11. The summed E-state index contributed by atoms with van der Waals surface area (Å²) in [6, 6.07) is -0.422. The third kappa shape index (κ3) is 6.53. The standard InChI is InChI=1S/C7H16N2O3S/c1-3-4-13(11,12)9-6(2)5-7(8)10/h6,9H,3-5H2,1-2H3,(H2,8,10). The summed E-state index contributed by atoms with van der Waals surface area (Å²) in [6.45, 7) is 3.38. The molecule has 6 heteroatoms. The molecule has 3 N–H and O–H groups in total. The molecule has 0 aliphatic rings. The second-order valence-corrected chi connectivity index (χ2v) is 4.88. The molecular weight excluding hydrogens is 192 g/mol. The maximum absolute atomic E-state index is 11.2. The topological polar surface area (TPSA) is 89.3 Å². The lowest BCUT2D eigenvalue weighted by atomic mass is 10.2. The van der Waals surface area contributed by atoms with Gasteiger partial charge in [-0.1, -0.05) is 6.92 Å². The molecule has 0 radical (unpaired) electrons. The number of hydrogen-bond acceptors (Lipinski definition) is 3. The van der Waals surface area contributed by atoms with Crippen LogP contribution in [0, 0.1) is 0 Å². The fourth-order valence-corrected chi connectivity index (χ4v) is 2.33. The van der Waals surface area contributed by atoms with Gasteiger partial charge in [-0.2, -0.15) is 0 Å². The van der Waals surface area contributed by atoms with E-state index in [0.29, 0.717) is 6.42 Å². The van der Waals surface area contributed by atoms with Crippen LogP contribution in [-0.4, -0.2) is 26.1 Å². The van der Waals surface area contributed by atoms with E-state index >= 15 is 0 Å². The quantitative estimate of drug-likeness (QED) is 0.621. The first kappa shape index (κ1) is 12.4. The van der Waals surface area contributed by atoms with Gasteiger partial charge in [0.05, 0.1) is 5.75 Å². The molecule has 13 heavy (non-hydrogen) atoms. The molecule has 5 nitrogen and oxygen atoms in total. The molecule has 0 heterocycles. The molecule has 1 atom stereocenters. The second-order valence-electron chi connectivity index (χ2n) is 3.01. The number of nitrogens with two attached hydrogens (primary N) is 1. The Morgan fingerprint density at radius 1 is 1.54 bits per heavy atom. The van der Waals surface area contributed by atoms with E-state index in [2.05, 4.69) is 4.72 Å². The summed E-state index contributed by atoms with van der Waals surface area (Å²) in [4.78, 5) is 10.4. The van der Waals surface area contributed by atoms with Gasteiger partial charge in [0.25, 0.3) is 0 Å². The highest BCUT2D eigenvalue weighted by Gasteiger charge is 2.14. The van der Waals surface area contributed by atoms with Crippen LogP contribution in [-0.2, 0) is 14.8 Å². The molecule has 0 aromatic carbocycles. The van der Waals surface area contributed by atoms with Crippen LogP contribution in [0.15, 0.2) is 0 Å². The van der Waals surface area contributed by atoms with E-state index in [-0.39, 0.29) is 12.2 Å².